The third kappa shape index (κ3) is 5.64. The summed E-state index contributed by atoms with van der Waals surface area (Å²) < 4.78 is 94.7. The van der Waals surface area contributed by atoms with E-state index in [1.165, 1.54) is 24.3 Å². The predicted octanol–water partition coefficient (Wildman–Crippen LogP) is 7.69. The van der Waals surface area contributed by atoms with E-state index in [9.17, 15) is 26.3 Å². The maximum absolute atomic E-state index is 14.7. The third-order valence-corrected chi connectivity index (χ3v) is 6.09. The van der Waals surface area contributed by atoms with Gasteiger partial charge < -0.3 is 9.47 Å². The zero-order chi connectivity index (χ0) is 25.1. The molecule has 1 heterocycles. The van der Waals surface area contributed by atoms with Gasteiger partial charge in [-0.1, -0.05) is 25.5 Å². The number of halogens is 6. The topological polar surface area (TPSA) is 18.5 Å². The first-order valence-corrected chi connectivity index (χ1v) is 11.4. The lowest BCUT2D eigenvalue weighted by Gasteiger charge is -2.29. The van der Waals surface area contributed by atoms with Crippen LogP contribution in [0.1, 0.15) is 43.4 Å². The van der Waals surface area contributed by atoms with Crippen LogP contribution in [0, 0.1) is 40.8 Å². The first-order valence-electron chi connectivity index (χ1n) is 11.4. The highest BCUT2D eigenvalue weighted by Crippen LogP contribution is 2.34. The van der Waals surface area contributed by atoms with Gasteiger partial charge in [-0.25, -0.2) is 26.3 Å². The van der Waals surface area contributed by atoms with Crippen LogP contribution in [0.5, 0.6) is 5.75 Å². The molecule has 0 radical (unpaired) electrons. The monoisotopic (exact) mass is 494 g/mol. The van der Waals surface area contributed by atoms with Gasteiger partial charge in [-0.2, -0.15) is 0 Å². The standard InChI is InChI=1S/C27H24F6O2/c1-2-3-15-8-23(31)27(24(32)9-15)35-14-16-4-7-25(34-13-16)17-5-6-19(20(28)10-17)18-11-21(29)26(33)22(30)12-18/h5-6,8-12,16,25H,2-4,7,13-14H2,1H3. The van der Waals surface area contributed by atoms with Gasteiger partial charge >= 0.3 is 0 Å². The van der Waals surface area contributed by atoms with Crippen LogP contribution in [0.25, 0.3) is 11.1 Å². The van der Waals surface area contributed by atoms with E-state index in [1.54, 1.807) is 6.07 Å². The maximum atomic E-state index is 14.7. The minimum atomic E-state index is -1.61. The van der Waals surface area contributed by atoms with Gasteiger partial charge in [-0.15, -0.1) is 0 Å². The minimum absolute atomic E-state index is 0.0670. The molecular formula is C27H24F6O2. The third-order valence-electron chi connectivity index (χ3n) is 6.09. The summed E-state index contributed by atoms with van der Waals surface area (Å²) in [6, 6.07) is 8.20. The molecule has 4 rings (SSSR count). The molecule has 2 unspecified atom stereocenters. The highest BCUT2D eigenvalue weighted by atomic mass is 19.2. The van der Waals surface area contributed by atoms with Crippen molar-refractivity contribution in [3.8, 4) is 16.9 Å². The van der Waals surface area contributed by atoms with Crippen molar-refractivity contribution >= 4 is 0 Å². The highest BCUT2D eigenvalue weighted by molar-refractivity contribution is 5.64. The molecule has 35 heavy (non-hydrogen) atoms. The molecule has 0 saturated carbocycles. The Hall–Kier alpha value is -3.00. The molecule has 1 aliphatic rings. The fourth-order valence-electron chi connectivity index (χ4n) is 4.26. The Labute approximate surface area is 199 Å². The smallest absolute Gasteiger partial charge is 0.194 e. The van der Waals surface area contributed by atoms with Crippen molar-refractivity contribution < 1.29 is 35.8 Å². The summed E-state index contributed by atoms with van der Waals surface area (Å²) in [5.74, 6) is -7.11. The highest BCUT2D eigenvalue weighted by Gasteiger charge is 2.25. The normalized spacial score (nSPS) is 18.0. The Balaban J connectivity index is 1.36. The number of aryl methyl sites for hydroxylation is 1. The molecule has 0 amide bonds. The van der Waals surface area contributed by atoms with E-state index in [0.29, 0.717) is 30.4 Å². The van der Waals surface area contributed by atoms with E-state index < -0.39 is 46.8 Å². The average Bonchev–Trinajstić information content (AvgIpc) is 2.82. The quantitative estimate of drug-likeness (QED) is 0.248. The molecule has 0 aromatic heterocycles. The van der Waals surface area contributed by atoms with Crippen molar-refractivity contribution in [2.24, 2.45) is 5.92 Å². The van der Waals surface area contributed by atoms with Crippen LogP contribution in [0.3, 0.4) is 0 Å². The second-order valence-corrected chi connectivity index (χ2v) is 8.71. The fourth-order valence-corrected chi connectivity index (χ4v) is 4.26. The van der Waals surface area contributed by atoms with Crippen LogP contribution in [-0.4, -0.2) is 13.2 Å². The van der Waals surface area contributed by atoms with Gasteiger partial charge in [0, 0.05) is 11.5 Å². The van der Waals surface area contributed by atoms with Crippen LogP contribution in [0.2, 0.25) is 0 Å². The largest absolute Gasteiger partial charge is 0.487 e. The van der Waals surface area contributed by atoms with Gasteiger partial charge in [0.05, 0.1) is 19.3 Å². The molecule has 1 fully saturated rings. The van der Waals surface area contributed by atoms with Crippen LogP contribution >= 0.6 is 0 Å². The molecular weight excluding hydrogens is 470 g/mol. The second-order valence-electron chi connectivity index (χ2n) is 8.71. The molecule has 0 bridgehead atoms. The SMILES string of the molecule is CCCc1cc(F)c(OCC2CCC(c3ccc(-c4cc(F)c(F)c(F)c4)c(F)c3)OC2)c(F)c1. The summed E-state index contributed by atoms with van der Waals surface area (Å²) in [5.41, 5.74) is 0.931. The lowest BCUT2D eigenvalue weighted by atomic mass is 9.93. The minimum Gasteiger partial charge on any atom is -0.487 e. The Morgan fingerprint density at radius 1 is 0.829 bits per heavy atom. The van der Waals surface area contributed by atoms with Gasteiger partial charge in [-0.3, -0.25) is 0 Å². The van der Waals surface area contributed by atoms with Gasteiger partial charge in [0.1, 0.15) is 5.82 Å². The van der Waals surface area contributed by atoms with Crippen molar-refractivity contribution in [2.45, 2.75) is 38.7 Å². The second kappa shape index (κ2) is 10.7. The van der Waals surface area contributed by atoms with E-state index in [2.05, 4.69) is 0 Å². The van der Waals surface area contributed by atoms with Crippen LogP contribution in [-0.2, 0) is 11.2 Å². The predicted molar refractivity (Wildman–Crippen MR) is 119 cm³/mol. The van der Waals surface area contributed by atoms with E-state index in [0.717, 1.165) is 18.6 Å². The summed E-state index contributed by atoms with van der Waals surface area (Å²) >= 11 is 0. The van der Waals surface area contributed by atoms with Crippen molar-refractivity contribution in [3.05, 3.63) is 88.5 Å². The summed E-state index contributed by atoms with van der Waals surface area (Å²) in [4.78, 5) is 0. The van der Waals surface area contributed by atoms with E-state index in [1.807, 2.05) is 6.92 Å². The molecule has 2 nitrogen and oxygen atoms in total. The Bertz CT molecular complexity index is 1160. The summed E-state index contributed by atoms with van der Waals surface area (Å²) in [7, 11) is 0. The summed E-state index contributed by atoms with van der Waals surface area (Å²) in [6.45, 7) is 2.25. The molecule has 0 N–H and O–H groups in total. The van der Waals surface area contributed by atoms with Gasteiger partial charge in [0.2, 0.25) is 0 Å². The summed E-state index contributed by atoms with van der Waals surface area (Å²) in [6.07, 6.45) is 2.08. The van der Waals surface area contributed by atoms with Crippen LogP contribution in [0.4, 0.5) is 26.3 Å². The lowest BCUT2D eigenvalue weighted by molar-refractivity contribution is -0.0292. The lowest BCUT2D eigenvalue weighted by Crippen LogP contribution is -2.26. The van der Waals surface area contributed by atoms with Crippen molar-refractivity contribution in [2.75, 3.05) is 13.2 Å². The van der Waals surface area contributed by atoms with Crippen LogP contribution in [0.15, 0.2) is 42.5 Å². The molecule has 8 heteroatoms. The molecule has 1 aliphatic heterocycles. The zero-order valence-corrected chi connectivity index (χ0v) is 19.0. The average molecular weight is 494 g/mol. The van der Waals surface area contributed by atoms with E-state index in [-0.39, 0.29) is 30.3 Å². The van der Waals surface area contributed by atoms with E-state index in [4.69, 9.17) is 9.47 Å². The van der Waals surface area contributed by atoms with Crippen molar-refractivity contribution in [3.63, 3.8) is 0 Å². The Morgan fingerprint density at radius 2 is 1.51 bits per heavy atom. The van der Waals surface area contributed by atoms with E-state index >= 15 is 0 Å². The molecule has 186 valence electrons. The Morgan fingerprint density at radius 3 is 2.09 bits per heavy atom. The molecule has 0 aliphatic carbocycles. The Kier molecular flexibility index (Phi) is 7.69. The maximum Gasteiger partial charge on any atom is 0.194 e. The van der Waals surface area contributed by atoms with Gasteiger partial charge in [0.25, 0.3) is 0 Å². The number of hydrogen-bond donors (Lipinski definition) is 0. The number of rotatable bonds is 7. The number of benzene rings is 3. The first kappa shape index (κ1) is 25.1. The molecule has 3 aromatic carbocycles. The fraction of sp³-hybridized carbons (Fsp3) is 0.333. The molecule has 3 aromatic rings. The molecule has 1 saturated heterocycles. The van der Waals surface area contributed by atoms with Crippen molar-refractivity contribution in [1.82, 2.24) is 0 Å². The number of ether oxygens (including phenoxy) is 2. The first-order chi connectivity index (χ1) is 16.8. The van der Waals surface area contributed by atoms with Gasteiger partial charge in [0.15, 0.2) is 34.8 Å². The van der Waals surface area contributed by atoms with Gasteiger partial charge in [-0.05, 0) is 66.3 Å². The molecule has 0 spiro atoms. The van der Waals surface area contributed by atoms with Crippen molar-refractivity contribution in [1.29, 1.82) is 0 Å². The number of hydrogen-bond acceptors (Lipinski definition) is 2. The molecule has 2 atom stereocenters. The zero-order valence-electron chi connectivity index (χ0n) is 19.0. The van der Waals surface area contributed by atoms with Crippen LogP contribution < -0.4 is 4.74 Å². The summed E-state index contributed by atoms with van der Waals surface area (Å²) in [5, 5.41) is 0.